The number of halogens is 3. The summed E-state index contributed by atoms with van der Waals surface area (Å²) in [4.78, 5) is 34.8. The highest BCUT2D eigenvalue weighted by atomic mass is 19.4. The van der Waals surface area contributed by atoms with Crippen molar-refractivity contribution < 1.29 is 27.5 Å². The smallest absolute Gasteiger partial charge is 0.416 e. The third-order valence-corrected chi connectivity index (χ3v) is 8.33. The highest BCUT2D eigenvalue weighted by Gasteiger charge is 2.40. The maximum Gasteiger partial charge on any atom is 0.416 e. The monoisotopic (exact) mass is 592 g/mol. The van der Waals surface area contributed by atoms with Crippen LogP contribution in [0.25, 0.3) is 10.9 Å². The number of carbonyl (C=O) groups excluding carboxylic acids is 2. The lowest BCUT2D eigenvalue weighted by molar-refractivity contribution is -0.137. The minimum absolute atomic E-state index is 0.151. The van der Waals surface area contributed by atoms with Gasteiger partial charge in [0, 0.05) is 47.4 Å². The predicted molar refractivity (Wildman–Crippen MR) is 157 cm³/mol. The van der Waals surface area contributed by atoms with Crippen LogP contribution in [0.2, 0.25) is 0 Å². The van der Waals surface area contributed by atoms with Crippen molar-refractivity contribution in [2.24, 2.45) is 0 Å². The first-order chi connectivity index (χ1) is 20.6. The van der Waals surface area contributed by atoms with Gasteiger partial charge in [-0.15, -0.1) is 0 Å². The fourth-order valence-electron chi connectivity index (χ4n) is 5.96. The number of nitrogens with zero attached hydrogens (tertiary/aromatic N) is 1. The molecule has 1 fully saturated rings. The molecule has 5 rings (SSSR count). The molecule has 43 heavy (non-hydrogen) atoms. The Bertz CT molecular complexity index is 1560. The van der Waals surface area contributed by atoms with Crippen molar-refractivity contribution in [3.05, 3.63) is 102 Å². The summed E-state index contributed by atoms with van der Waals surface area (Å²) in [5.74, 6) is -0.394. The molecule has 226 valence electrons. The Labute approximate surface area is 248 Å². The van der Waals surface area contributed by atoms with E-state index in [1.54, 1.807) is 13.1 Å². The van der Waals surface area contributed by atoms with Crippen molar-refractivity contribution in [2.75, 3.05) is 6.54 Å². The molecule has 0 spiro atoms. The summed E-state index contributed by atoms with van der Waals surface area (Å²) in [6, 6.07) is 18.1. The number of alkyl halides is 3. The summed E-state index contributed by atoms with van der Waals surface area (Å²) in [7, 11) is 0. The van der Waals surface area contributed by atoms with Crippen LogP contribution in [-0.4, -0.2) is 34.1 Å². The number of hydrogen-bond donors (Lipinski definition) is 3. The highest BCUT2D eigenvalue weighted by molar-refractivity contribution is 5.91. The molecule has 1 aliphatic carbocycles. The first-order valence-electron chi connectivity index (χ1n) is 14.4. The van der Waals surface area contributed by atoms with E-state index in [-0.39, 0.29) is 24.0 Å². The molecule has 0 aliphatic heterocycles. The van der Waals surface area contributed by atoms with Crippen LogP contribution in [0.15, 0.2) is 79.1 Å². The maximum absolute atomic E-state index is 14.0. The van der Waals surface area contributed by atoms with Crippen LogP contribution in [0.4, 0.5) is 18.0 Å². The fourth-order valence-corrected chi connectivity index (χ4v) is 5.96. The number of hydrogen-bond acceptors (Lipinski definition) is 4. The van der Waals surface area contributed by atoms with E-state index >= 15 is 0 Å². The van der Waals surface area contributed by atoms with Gasteiger partial charge in [0.25, 0.3) is 0 Å². The molecule has 1 aliphatic rings. The van der Waals surface area contributed by atoms with Gasteiger partial charge in [-0.2, -0.15) is 13.2 Å². The van der Waals surface area contributed by atoms with Crippen molar-refractivity contribution in [3.63, 3.8) is 0 Å². The first kappa shape index (κ1) is 30.1. The van der Waals surface area contributed by atoms with E-state index in [1.807, 2.05) is 48.7 Å². The number of carbonyl (C=O) groups is 2. The Kier molecular flexibility index (Phi) is 8.75. The van der Waals surface area contributed by atoms with E-state index in [1.165, 1.54) is 12.1 Å². The van der Waals surface area contributed by atoms with Crippen LogP contribution >= 0.6 is 0 Å². The van der Waals surface area contributed by atoms with Crippen molar-refractivity contribution in [1.82, 2.24) is 20.6 Å². The number of benzene rings is 2. The predicted octanol–water partition coefficient (Wildman–Crippen LogP) is 6.83. The standard InChI is InChI=1S/C33H35F3N4O3/c1-31(19-24-20-38-27-13-4-3-12-26(24)27,40-30(42)43-21-23-10-9-11-25(18-23)33(34,35)36)29(41)39-22-32(15-6-2-7-16-32)28-14-5-8-17-37-28/h3-5,8-14,17-18,20,38H,2,6-7,15-16,19,21-22H2,1H3,(H,39,41)(H,40,42)/t31-/m0/s1. The van der Waals surface area contributed by atoms with Gasteiger partial charge in [-0.25, -0.2) is 4.79 Å². The zero-order valence-corrected chi connectivity index (χ0v) is 24.0. The summed E-state index contributed by atoms with van der Waals surface area (Å²) in [6.45, 7) is 1.60. The summed E-state index contributed by atoms with van der Waals surface area (Å²) < 4.78 is 44.7. The van der Waals surface area contributed by atoms with Crippen LogP contribution in [0.5, 0.6) is 0 Å². The Morgan fingerprint density at radius 2 is 1.77 bits per heavy atom. The molecule has 2 aromatic heterocycles. The molecule has 2 heterocycles. The SMILES string of the molecule is C[C@@](Cc1c[nH]c2ccccc12)(NC(=O)OCc1cccc(C(F)(F)F)c1)C(=O)NCC1(c2ccccn2)CCCCC1. The van der Waals surface area contributed by atoms with Crippen molar-refractivity contribution in [1.29, 1.82) is 0 Å². The van der Waals surface area contributed by atoms with Gasteiger partial charge < -0.3 is 20.4 Å². The minimum atomic E-state index is -4.51. The number of aromatic amines is 1. The van der Waals surface area contributed by atoms with E-state index in [0.717, 1.165) is 66.4 Å². The van der Waals surface area contributed by atoms with Gasteiger partial charge in [-0.1, -0.05) is 55.7 Å². The fraction of sp³-hybridized carbons (Fsp3) is 0.364. The van der Waals surface area contributed by atoms with Crippen molar-refractivity contribution in [2.45, 2.75) is 69.2 Å². The van der Waals surface area contributed by atoms with Gasteiger partial charge in [0.15, 0.2) is 0 Å². The molecule has 0 radical (unpaired) electrons. The number of fused-ring (bicyclic) bond motifs is 1. The van der Waals surface area contributed by atoms with Crippen LogP contribution in [-0.2, 0) is 34.2 Å². The summed E-state index contributed by atoms with van der Waals surface area (Å²) in [5, 5.41) is 6.75. The summed E-state index contributed by atoms with van der Waals surface area (Å²) in [6.07, 6.45) is 3.24. The Hall–Kier alpha value is -4.34. The Morgan fingerprint density at radius 3 is 2.51 bits per heavy atom. The lowest BCUT2D eigenvalue weighted by Crippen LogP contribution is -2.59. The highest BCUT2D eigenvalue weighted by Crippen LogP contribution is 2.38. The molecule has 1 atom stereocenters. The normalized spacial score (nSPS) is 16.3. The number of aromatic nitrogens is 2. The van der Waals surface area contributed by atoms with E-state index in [4.69, 9.17) is 4.74 Å². The molecule has 10 heteroatoms. The third-order valence-electron chi connectivity index (χ3n) is 8.33. The minimum Gasteiger partial charge on any atom is -0.445 e. The van der Waals surface area contributed by atoms with Gasteiger partial charge in [-0.3, -0.25) is 9.78 Å². The number of ether oxygens (including phenoxy) is 1. The molecule has 0 unspecified atom stereocenters. The number of pyridine rings is 1. The van der Waals surface area contributed by atoms with Crippen LogP contribution < -0.4 is 10.6 Å². The van der Waals surface area contributed by atoms with Gasteiger partial charge in [0.1, 0.15) is 12.1 Å². The molecule has 7 nitrogen and oxygen atoms in total. The largest absolute Gasteiger partial charge is 0.445 e. The molecule has 3 N–H and O–H groups in total. The molecule has 4 aromatic rings. The number of alkyl carbamates (subject to hydrolysis) is 1. The topological polar surface area (TPSA) is 96.1 Å². The second kappa shape index (κ2) is 12.5. The van der Waals surface area contributed by atoms with Crippen molar-refractivity contribution in [3.8, 4) is 0 Å². The zero-order chi connectivity index (χ0) is 30.5. The average Bonchev–Trinajstić information content (AvgIpc) is 3.41. The molecule has 2 amide bonds. The second-order valence-electron chi connectivity index (χ2n) is 11.5. The number of amides is 2. The molecule has 0 bridgehead atoms. The molecule has 1 saturated carbocycles. The third kappa shape index (κ3) is 7.01. The van der Waals surface area contributed by atoms with E-state index in [0.29, 0.717) is 6.54 Å². The average molecular weight is 593 g/mol. The van der Waals surface area contributed by atoms with E-state index in [9.17, 15) is 22.8 Å². The Morgan fingerprint density at radius 1 is 1.00 bits per heavy atom. The van der Waals surface area contributed by atoms with Gasteiger partial charge in [0.05, 0.1) is 5.56 Å². The zero-order valence-electron chi connectivity index (χ0n) is 24.0. The number of para-hydroxylation sites is 1. The van der Waals surface area contributed by atoms with Gasteiger partial charge >= 0.3 is 12.3 Å². The number of H-pyrrole nitrogens is 1. The number of nitrogens with one attached hydrogen (secondary N) is 3. The van der Waals surface area contributed by atoms with Crippen molar-refractivity contribution >= 4 is 22.9 Å². The lowest BCUT2D eigenvalue weighted by Gasteiger charge is -2.38. The lowest BCUT2D eigenvalue weighted by atomic mass is 9.71. The summed E-state index contributed by atoms with van der Waals surface area (Å²) in [5.41, 5.74) is 0.245. The maximum atomic E-state index is 14.0. The number of rotatable bonds is 9. The molecule has 0 saturated heterocycles. The van der Waals surface area contributed by atoms with Crippen LogP contribution in [0.3, 0.4) is 0 Å². The molecular weight excluding hydrogens is 557 g/mol. The second-order valence-corrected chi connectivity index (χ2v) is 11.5. The van der Waals surface area contributed by atoms with E-state index in [2.05, 4.69) is 20.6 Å². The molecular formula is C33H35F3N4O3. The van der Waals surface area contributed by atoms with Gasteiger partial charge in [-0.05, 0) is 61.2 Å². The van der Waals surface area contributed by atoms with Gasteiger partial charge in [0.2, 0.25) is 5.91 Å². The van der Waals surface area contributed by atoms with E-state index < -0.39 is 29.3 Å². The summed E-state index contributed by atoms with van der Waals surface area (Å²) >= 11 is 0. The first-order valence-corrected chi connectivity index (χ1v) is 14.4. The quantitative estimate of drug-likeness (QED) is 0.199. The van der Waals surface area contributed by atoms with Crippen LogP contribution in [0.1, 0.15) is 61.4 Å². The Balaban J connectivity index is 1.35. The van der Waals surface area contributed by atoms with Crippen LogP contribution in [0, 0.1) is 0 Å². The molecule has 2 aromatic carbocycles.